The number of pyridine rings is 1. The molecule has 8 heteroatoms. The topological polar surface area (TPSA) is 86.4 Å². The van der Waals surface area contributed by atoms with Gasteiger partial charge in [-0.15, -0.1) is 11.8 Å². The van der Waals surface area contributed by atoms with Crippen LogP contribution in [0.25, 0.3) is 0 Å². The van der Waals surface area contributed by atoms with E-state index in [2.05, 4.69) is 21.2 Å². The molecule has 158 valence electrons. The maximum Gasteiger partial charge on any atom is 0.241 e. The first kappa shape index (κ1) is 20.8. The van der Waals surface area contributed by atoms with Gasteiger partial charge >= 0.3 is 0 Å². The number of nitrogens with zero attached hydrogens (tertiary/aromatic N) is 2. The molecule has 3 unspecified atom stereocenters. The molecule has 0 radical (unpaired) electrons. The lowest BCUT2D eigenvalue weighted by atomic mass is 9.95. The molecule has 30 heavy (non-hydrogen) atoms. The van der Waals surface area contributed by atoms with E-state index in [1.165, 1.54) is 0 Å². The van der Waals surface area contributed by atoms with Crippen LogP contribution in [-0.2, 0) is 9.59 Å². The van der Waals surface area contributed by atoms with Crippen LogP contribution in [0.1, 0.15) is 30.9 Å². The highest BCUT2D eigenvalue weighted by Crippen LogP contribution is 2.25. The van der Waals surface area contributed by atoms with Gasteiger partial charge in [0.25, 0.3) is 0 Å². The van der Waals surface area contributed by atoms with Crippen LogP contribution >= 0.6 is 11.8 Å². The molecule has 2 amide bonds. The first-order chi connectivity index (χ1) is 14.6. The standard InChI is InChI=1S/C22H27N5O2S/c1-30-18-6-2-5-17(12-18)24-21(28)16-4-3-11-27(14-16)22(29)20-13-19(25-26-20)15-7-9-23-10-8-15/h2,5-10,12,16,19-20,25-26H,3-4,11,13-14H2,1H3,(H,24,28). The number of thioether (sulfide) groups is 1. The Morgan fingerprint density at radius 3 is 2.83 bits per heavy atom. The molecule has 1 aromatic heterocycles. The Labute approximate surface area is 181 Å². The Morgan fingerprint density at radius 1 is 1.20 bits per heavy atom. The number of rotatable bonds is 5. The number of nitrogens with one attached hydrogen (secondary N) is 3. The lowest BCUT2D eigenvalue weighted by molar-refractivity contribution is -0.136. The largest absolute Gasteiger partial charge is 0.341 e. The minimum atomic E-state index is -0.289. The van der Waals surface area contributed by atoms with Gasteiger partial charge in [0.05, 0.1) is 5.92 Å². The van der Waals surface area contributed by atoms with Crippen molar-refractivity contribution in [3.05, 3.63) is 54.4 Å². The maximum absolute atomic E-state index is 13.1. The Hall–Kier alpha value is -2.42. The van der Waals surface area contributed by atoms with Crippen molar-refractivity contribution in [3.8, 4) is 0 Å². The number of piperidine rings is 1. The number of carbonyl (C=O) groups excluding carboxylic acids is 2. The molecule has 2 aliphatic rings. The molecule has 0 bridgehead atoms. The van der Waals surface area contributed by atoms with Gasteiger partial charge in [-0.2, -0.15) is 0 Å². The van der Waals surface area contributed by atoms with Crippen LogP contribution < -0.4 is 16.2 Å². The van der Waals surface area contributed by atoms with Crippen molar-refractivity contribution in [2.45, 2.75) is 36.2 Å². The molecule has 7 nitrogen and oxygen atoms in total. The third kappa shape index (κ3) is 4.83. The number of carbonyl (C=O) groups is 2. The zero-order chi connectivity index (χ0) is 20.9. The molecule has 0 saturated carbocycles. The van der Waals surface area contributed by atoms with Crippen molar-refractivity contribution in [1.82, 2.24) is 20.7 Å². The summed E-state index contributed by atoms with van der Waals surface area (Å²) < 4.78 is 0. The zero-order valence-electron chi connectivity index (χ0n) is 17.0. The quantitative estimate of drug-likeness (QED) is 0.639. The van der Waals surface area contributed by atoms with Gasteiger partial charge in [0.2, 0.25) is 11.8 Å². The first-order valence-corrected chi connectivity index (χ1v) is 11.5. The summed E-state index contributed by atoms with van der Waals surface area (Å²) in [4.78, 5) is 32.9. The summed E-state index contributed by atoms with van der Waals surface area (Å²) in [6, 6.07) is 11.5. The molecule has 3 atom stereocenters. The number of aromatic nitrogens is 1. The van der Waals surface area contributed by atoms with Gasteiger partial charge in [0.15, 0.2) is 0 Å². The van der Waals surface area contributed by atoms with Crippen LogP contribution in [0.5, 0.6) is 0 Å². The molecular weight excluding hydrogens is 398 g/mol. The summed E-state index contributed by atoms with van der Waals surface area (Å²) >= 11 is 1.64. The molecule has 2 saturated heterocycles. The van der Waals surface area contributed by atoms with E-state index in [9.17, 15) is 9.59 Å². The molecule has 3 heterocycles. The molecule has 2 aromatic rings. The molecule has 0 spiro atoms. The van der Waals surface area contributed by atoms with E-state index >= 15 is 0 Å². The smallest absolute Gasteiger partial charge is 0.241 e. The van der Waals surface area contributed by atoms with Crippen LogP contribution in [0.2, 0.25) is 0 Å². The third-order valence-electron chi connectivity index (χ3n) is 5.75. The fourth-order valence-corrected chi connectivity index (χ4v) is 4.55. The van der Waals surface area contributed by atoms with E-state index in [0.29, 0.717) is 19.5 Å². The monoisotopic (exact) mass is 425 g/mol. The summed E-state index contributed by atoms with van der Waals surface area (Å²) in [7, 11) is 0. The lowest BCUT2D eigenvalue weighted by Crippen LogP contribution is -2.50. The Morgan fingerprint density at radius 2 is 2.03 bits per heavy atom. The van der Waals surface area contributed by atoms with E-state index in [1.54, 1.807) is 24.2 Å². The zero-order valence-corrected chi connectivity index (χ0v) is 17.8. The SMILES string of the molecule is CSc1cccc(NC(=O)C2CCCN(C(=O)C3CC(c4ccncc4)NN3)C2)c1. The summed E-state index contributed by atoms with van der Waals surface area (Å²) in [5.41, 5.74) is 8.26. The van der Waals surface area contributed by atoms with Crippen LogP contribution in [0.3, 0.4) is 0 Å². The summed E-state index contributed by atoms with van der Waals surface area (Å²) in [5.74, 6) is -0.148. The fraction of sp³-hybridized carbons (Fsp3) is 0.409. The highest BCUT2D eigenvalue weighted by atomic mass is 32.2. The third-order valence-corrected chi connectivity index (χ3v) is 6.48. The second kappa shape index (κ2) is 9.59. The van der Waals surface area contributed by atoms with Crippen LogP contribution in [-0.4, -0.2) is 47.1 Å². The second-order valence-electron chi connectivity index (χ2n) is 7.75. The van der Waals surface area contributed by atoms with Gasteiger partial charge in [0.1, 0.15) is 6.04 Å². The highest BCUT2D eigenvalue weighted by Gasteiger charge is 2.36. The van der Waals surface area contributed by atoms with Gasteiger partial charge in [-0.1, -0.05) is 6.07 Å². The van der Waals surface area contributed by atoms with Crippen LogP contribution in [0, 0.1) is 5.92 Å². The van der Waals surface area contributed by atoms with E-state index in [0.717, 1.165) is 29.0 Å². The van der Waals surface area contributed by atoms with Crippen LogP contribution in [0.4, 0.5) is 5.69 Å². The molecule has 4 rings (SSSR count). The Kier molecular flexibility index (Phi) is 6.66. The summed E-state index contributed by atoms with van der Waals surface area (Å²) in [6.07, 6.45) is 7.84. The molecule has 1 aromatic carbocycles. The highest BCUT2D eigenvalue weighted by molar-refractivity contribution is 7.98. The van der Waals surface area contributed by atoms with E-state index in [1.807, 2.05) is 47.6 Å². The average molecular weight is 426 g/mol. The molecule has 3 N–H and O–H groups in total. The van der Waals surface area contributed by atoms with Crippen LogP contribution in [0.15, 0.2) is 53.7 Å². The van der Waals surface area contributed by atoms with E-state index in [-0.39, 0.29) is 29.8 Å². The number of anilines is 1. The number of hydrazine groups is 1. The van der Waals surface area contributed by atoms with Gasteiger partial charge < -0.3 is 10.2 Å². The fourth-order valence-electron chi connectivity index (χ4n) is 4.09. The number of hydrogen-bond acceptors (Lipinski definition) is 6. The van der Waals surface area contributed by atoms with Crippen molar-refractivity contribution in [3.63, 3.8) is 0 Å². The molecule has 0 aliphatic carbocycles. The van der Waals surface area contributed by atoms with Crippen molar-refractivity contribution < 1.29 is 9.59 Å². The number of benzene rings is 1. The minimum absolute atomic E-state index is 0.0158. The number of amides is 2. The first-order valence-electron chi connectivity index (χ1n) is 10.3. The molecule has 2 fully saturated rings. The molecule has 2 aliphatic heterocycles. The van der Waals surface area contributed by atoms with Crippen molar-refractivity contribution >= 4 is 29.3 Å². The van der Waals surface area contributed by atoms with Gasteiger partial charge in [-0.25, -0.2) is 10.9 Å². The Balaban J connectivity index is 1.34. The number of hydrogen-bond donors (Lipinski definition) is 3. The van der Waals surface area contributed by atoms with Crippen molar-refractivity contribution in [2.75, 3.05) is 24.7 Å². The van der Waals surface area contributed by atoms with Crippen molar-refractivity contribution in [1.29, 1.82) is 0 Å². The van der Waals surface area contributed by atoms with Gasteiger partial charge in [-0.05, 0) is 61.4 Å². The number of likely N-dealkylation sites (tertiary alicyclic amines) is 1. The summed E-state index contributed by atoms with van der Waals surface area (Å²) in [6.45, 7) is 1.16. The van der Waals surface area contributed by atoms with E-state index < -0.39 is 0 Å². The van der Waals surface area contributed by atoms with E-state index in [4.69, 9.17) is 0 Å². The maximum atomic E-state index is 13.1. The van der Waals surface area contributed by atoms with Gasteiger partial charge in [0, 0.05) is 42.1 Å². The Bertz CT molecular complexity index is 894. The van der Waals surface area contributed by atoms with Crippen molar-refractivity contribution in [2.24, 2.45) is 5.92 Å². The predicted molar refractivity (Wildman–Crippen MR) is 118 cm³/mol. The average Bonchev–Trinajstić information content (AvgIpc) is 3.30. The molecular formula is C22H27N5O2S. The second-order valence-corrected chi connectivity index (χ2v) is 8.63. The summed E-state index contributed by atoms with van der Waals surface area (Å²) in [5, 5.41) is 3.02. The lowest BCUT2D eigenvalue weighted by Gasteiger charge is -2.33. The minimum Gasteiger partial charge on any atom is -0.341 e. The van der Waals surface area contributed by atoms with Gasteiger partial charge in [-0.3, -0.25) is 14.6 Å². The predicted octanol–water partition coefficient (Wildman–Crippen LogP) is 2.59. The normalized spacial score (nSPS) is 23.9.